The summed E-state index contributed by atoms with van der Waals surface area (Å²) >= 11 is 4.21. The van der Waals surface area contributed by atoms with Crippen LogP contribution in [0.5, 0.6) is 0 Å². The monoisotopic (exact) mass is 1900 g/mol. The summed E-state index contributed by atoms with van der Waals surface area (Å²) in [5.41, 5.74) is 13.6. The van der Waals surface area contributed by atoms with Crippen molar-refractivity contribution in [3.05, 3.63) is 71.3 Å². The van der Waals surface area contributed by atoms with Crippen molar-refractivity contribution in [2.24, 2.45) is 11.7 Å². The van der Waals surface area contributed by atoms with Gasteiger partial charge in [0.15, 0.2) is 5.78 Å². The number of rotatable bonds is 46. The molecule has 1 aliphatic carbocycles. The molecule has 2 aromatic carbocycles. The van der Waals surface area contributed by atoms with Crippen molar-refractivity contribution in [2.75, 3.05) is 72.0 Å². The average molecular weight is 1910 g/mol. The topological polar surface area (TPSA) is 705 Å². The number of cyclic esters (lactones) is 1. The number of thiol groups is 1. The third-order valence-corrected chi connectivity index (χ3v) is 21.9. The molecule has 1 saturated heterocycles. The molecular weight excluding hydrogens is 1780 g/mol. The number of nitrogens with one attached hydrogen (secondary N) is 15. The number of amides is 17. The highest BCUT2D eigenvalue weighted by atomic mass is 32.1. The zero-order valence-corrected chi connectivity index (χ0v) is 77.4. The van der Waals surface area contributed by atoms with E-state index >= 15 is 14.4 Å². The molecule has 0 bridgehead atoms. The van der Waals surface area contributed by atoms with Crippen LogP contribution in [0.2, 0.25) is 0 Å². The number of aliphatic carboxylic acids is 3. The molecule has 14 atom stereocenters. The number of nitrogens with two attached hydrogens (primary N) is 2. The Balaban J connectivity index is 1.91. The number of fused-ring (bicyclic) bond motifs is 1. The summed E-state index contributed by atoms with van der Waals surface area (Å²) in [4.78, 5) is 309. The van der Waals surface area contributed by atoms with Crippen molar-refractivity contribution < 1.29 is 131 Å². The van der Waals surface area contributed by atoms with E-state index < -0.39 is 279 Å². The summed E-state index contributed by atoms with van der Waals surface area (Å²) in [5, 5.41) is 74.9. The number of carbonyl (C=O) groups excluding carboxylic acids is 19. The van der Waals surface area contributed by atoms with Crippen LogP contribution in [0.4, 0.5) is 5.69 Å². The summed E-state index contributed by atoms with van der Waals surface area (Å²) in [6, 6.07) is -11.1. The van der Waals surface area contributed by atoms with E-state index in [0.29, 0.717) is 56.4 Å². The maximum absolute atomic E-state index is 15.1. The Morgan fingerprint density at radius 1 is 0.545 bits per heavy atom. The van der Waals surface area contributed by atoms with Crippen molar-refractivity contribution in [3.8, 4) is 0 Å². The first-order valence-electron chi connectivity index (χ1n) is 44.2. The van der Waals surface area contributed by atoms with Crippen molar-refractivity contribution in [1.82, 2.24) is 89.6 Å². The van der Waals surface area contributed by atoms with Gasteiger partial charge in [0.1, 0.15) is 78.6 Å². The summed E-state index contributed by atoms with van der Waals surface area (Å²) in [7, 11) is 4.87. The van der Waals surface area contributed by atoms with E-state index in [0.717, 1.165) is 75.8 Å². The fourth-order valence-electron chi connectivity index (χ4n) is 14.0. The first-order chi connectivity index (χ1) is 63.4. The number of para-hydroxylation sites is 1. The van der Waals surface area contributed by atoms with Crippen LogP contribution in [0, 0.1) is 5.92 Å². The molecule has 46 nitrogen and oxygen atoms in total. The summed E-state index contributed by atoms with van der Waals surface area (Å²) in [6.45, 7) is 2.68. The van der Waals surface area contributed by atoms with Gasteiger partial charge in [-0.1, -0.05) is 101 Å². The summed E-state index contributed by atoms with van der Waals surface area (Å²) < 4.78 is 5.77. The van der Waals surface area contributed by atoms with Gasteiger partial charge in [-0.3, -0.25) is 101 Å². The number of esters is 1. The Kier molecular flexibility index (Phi) is 49.5. The highest BCUT2D eigenvalue weighted by Gasteiger charge is 2.42. The highest BCUT2D eigenvalue weighted by molar-refractivity contribution is 7.80. The fraction of sp³-hybridized carbons (Fsp3) is 0.586. The maximum Gasteiger partial charge on any atom is 0.329 e. The number of aliphatic hydroxyl groups is 1. The molecule has 1 aliphatic heterocycles. The minimum atomic E-state index is -2.48. The molecule has 47 heteroatoms. The highest BCUT2D eigenvalue weighted by Crippen LogP contribution is 2.31. The van der Waals surface area contributed by atoms with Gasteiger partial charge >= 0.3 is 23.9 Å². The van der Waals surface area contributed by atoms with Crippen LogP contribution in [0.3, 0.4) is 0 Å². The van der Waals surface area contributed by atoms with Crippen LogP contribution in [0.25, 0.3) is 5.57 Å². The average Bonchev–Trinajstić information content (AvgIpc) is 1.64. The summed E-state index contributed by atoms with van der Waals surface area (Å²) in [6.07, 6.45) is 0.650. The Morgan fingerprint density at radius 3 is 1.73 bits per heavy atom. The van der Waals surface area contributed by atoms with Crippen LogP contribution in [0.15, 0.2) is 54.6 Å². The second-order valence-electron chi connectivity index (χ2n) is 33.0. The molecule has 2 aromatic rings. The number of hydrogen-bond donors (Lipinski definition) is 22. The van der Waals surface area contributed by atoms with Gasteiger partial charge < -0.3 is 126 Å². The van der Waals surface area contributed by atoms with E-state index in [1.165, 1.54) is 31.3 Å². The van der Waals surface area contributed by atoms with Crippen molar-refractivity contribution >= 4 is 154 Å². The van der Waals surface area contributed by atoms with Crippen LogP contribution in [-0.2, 0) is 112 Å². The molecule has 134 heavy (non-hydrogen) atoms. The Morgan fingerprint density at radius 2 is 1.11 bits per heavy atom. The number of Topliss-reactive ketones (excluding diaryl/α,β-unsaturated/α-hetero) is 1. The van der Waals surface area contributed by atoms with Gasteiger partial charge in [0.2, 0.25) is 100 Å². The molecule has 0 spiro atoms. The van der Waals surface area contributed by atoms with Crippen molar-refractivity contribution in [2.45, 2.75) is 254 Å². The number of ketones is 1. The molecule has 740 valence electrons. The number of allylic oxidation sites excluding steroid dienone is 1. The van der Waals surface area contributed by atoms with E-state index in [-0.39, 0.29) is 50.0 Å². The molecule has 1 unspecified atom stereocenters. The lowest BCUT2D eigenvalue weighted by molar-refractivity contribution is -0.156. The molecule has 0 saturated carbocycles. The summed E-state index contributed by atoms with van der Waals surface area (Å²) in [5.74, 6) is -28.8. The lowest BCUT2D eigenvalue weighted by Gasteiger charge is -2.30. The van der Waals surface area contributed by atoms with Gasteiger partial charge in [-0.15, -0.1) is 0 Å². The molecular formula is C87H129N19O27S. The number of aliphatic hydroxyl groups excluding tert-OH is 1. The van der Waals surface area contributed by atoms with Gasteiger partial charge in [-0.05, 0) is 114 Å². The second-order valence-corrected chi connectivity index (χ2v) is 33.4. The third-order valence-electron chi connectivity index (χ3n) is 21.6. The van der Waals surface area contributed by atoms with Gasteiger partial charge in [0.25, 0.3) is 0 Å². The van der Waals surface area contributed by atoms with E-state index in [4.69, 9.17) is 16.2 Å². The maximum atomic E-state index is 15.1. The largest absolute Gasteiger partial charge is 0.481 e. The first-order valence-corrected chi connectivity index (χ1v) is 44.8. The van der Waals surface area contributed by atoms with E-state index in [9.17, 15) is 112 Å². The Bertz CT molecular complexity index is 4530. The SMILES string of the molecule is CCCCCCCCCC(=O)N[C@@H](CC1=CCc2ccccc21)C(=O)N[C@H](CC(N)=O)C(=O)N[C@@H](CC(=O)O)C(=O)N[C@@H]1C(=O)NCC(=O)N[C@@H](CCCNC(=O)C[C@@H](C(=O)NCCN(C)C)N(C)C(=O)CCCCCS)C(=O)N[C@@H](C)C(=O)N[C@H](C)C(=O)N[C@@H](CC(=O)O)C(=O)NCC(=O)N[C@H](CO)C(=O)N[C@@H](C(C)CC(=O)O)C(=O)N[C@@H](CC(=O)c2ccccc2N)C(=O)O[C@@H]1C. The first kappa shape index (κ1) is 113. The van der Waals surface area contributed by atoms with Crippen LogP contribution < -0.4 is 91.2 Å². The minimum absolute atomic E-state index is 0.0132. The zero-order valence-electron chi connectivity index (χ0n) is 76.5. The molecule has 1 fully saturated rings. The zero-order chi connectivity index (χ0) is 100. The lowest BCUT2D eigenvalue weighted by atomic mass is 9.96. The van der Waals surface area contributed by atoms with Gasteiger partial charge in [0.05, 0.1) is 51.8 Å². The fourth-order valence-corrected chi connectivity index (χ4v) is 14.3. The van der Waals surface area contributed by atoms with E-state index in [1.54, 1.807) is 37.2 Å². The molecule has 17 amide bonds. The quantitative estimate of drug-likeness (QED) is 0.00982. The number of nitrogens with zero attached hydrogens (tertiary/aromatic N) is 2. The Hall–Kier alpha value is -13.2. The number of hydrogen-bond acceptors (Lipinski definition) is 27. The number of ether oxygens (including phenoxy) is 1. The molecule has 23 N–H and O–H groups in total. The number of primary amides is 1. The smallest absolute Gasteiger partial charge is 0.329 e. The van der Waals surface area contributed by atoms with Crippen molar-refractivity contribution in [1.29, 1.82) is 0 Å². The number of unbranched alkanes of at least 4 members (excludes halogenated alkanes) is 8. The predicted octanol–water partition coefficient (Wildman–Crippen LogP) is -4.23. The third kappa shape index (κ3) is 40.5. The normalized spacial score (nSPS) is 20.4. The standard InChI is InChI=1S/C87H129N19O27S/c1-9-10-11-12-13-14-16-29-66(110)97-57(38-52-32-31-51-24-18-19-25-53(51)52)80(125)100-58(40-65(89)109)81(126)101-60(42-73(119)120)82(127)104-75-50(5)133-87(132)61(39-64(108)54-26-20-21-27-55(54)88)102-86(131)74(47(2)37-71(115)116)103-83(128)62(46-107)98-69(113)44-92-78(123)59(41-72(117)118)99-77(122)49(4)94-76(121)48(3)95-79(124)56(96-68(112)45-93-85(75)130)28-23-33-90-67(111)43-63(84(129)91-34-35-105(6)7)106(8)70(114)30-17-15-22-36-134/h18-21,24-27,32,47-50,56-63,74-75,107,134H,9-17,22-23,28-31,33-46,88H2,1-8H3,(H2,89,109)(H,90,111)(H,91,129)(H,92,123)(H,93,130)(H,94,121)(H,95,124)(H,96,112)(H,97,110)(H,98,113)(H,99,122)(H,100,125)(H,101,126)(H,102,131)(H,103,128)(H,104,127)(H,115,116)(H,117,118)(H,119,120)/t47?,48-,49+,50+,56-,57-,58+,59-,60-,61-,62+,63-,74-,75-/m0/s1. The number of benzene rings is 2. The molecule has 0 aromatic heterocycles. The van der Waals surface area contributed by atoms with Crippen LogP contribution in [-0.4, -0.2) is 305 Å². The Labute approximate surface area is 780 Å². The van der Waals surface area contributed by atoms with Crippen LogP contribution >= 0.6 is 12.6 Å². The number of carbonyl (C=O) groups is 22. The molecule has 0 radical (unpaired) electrons. The molecule has 4 rings (SSSR count). The number of anilines is 1. The van der Waals surface area contributed by atoms with Gasteiger partial charge in [-0.2, -0.15) is 12.6 Å². The number of likely N-dealkylation sites (N-methyl/N-ethyl adjacent to an activating group) is 2. The van der Waals surface area contributed by atoms with Crippen molar-refractivity contribution in [3.63, 3.8) is 0 Å². The number of carboxylic acids is 3. The number of nitrogen functional groups attached to an aromatic ring is 1. The van der Waals surface area contributed by atoms with E-state index in [2.05, 4.69) is 88.7 Å². The second kappa shape index (κ2) is 58.6. The molecule has 1 heterocycles. The van der Waals surface area contributed by atoms with Crippen LogP contribution in [0.1, 0.15) is 191 Å². The lowest BCUT2D eigenvalue weighted by Crippen LogP contribution is -2.61. The minimum Gasteiger partial charge on any atom is -0.481 e. The van der Waals surface area contributed by atoms with Gasteiger partial charge in [0, 0.05) is 63.6 Å². The molecule has 2 aliphatic rings. The number of carboxylic acid groups (broad SMARTS) is 3. The van der Waals surface area contributed by atoms with Gasteiger partial charge in [-0.25, -0.2) is 4.79 Å². The predicted molar refractivity (Wildman–Crippen MR) is 483 cm³/mol. The van der Waals surface area contributed by atoms with E-state index in [1.807, 2.05) is 22.8 Å².